The first-order chi connectivity index (χ1) is 58.5. The summed E-state index contributed by atoms with van der Waals surface area (Å²) in [5.41, 5.74) is 0.372. The first-order valence-electron chi connectivity index (χ1n) is 45.8. The highest BCUT2D eigenvalue weighted by atomic mass is 16.8. The lowest BCUT2D eigenvalue weighted by Crippen LogP contribution is -2.58. The number of hydrogen-bond acceptors (Lipinski definition) is 28. The summed E-state index contributed by atoms with van der Waals surface area (Å²) in [5, 5.41) is 68.4. The summed E-state index contributed by atoms with van der Waals surface area (Å²) in [6, 6.07) is 0. The maximum atomic E-state index is 14.4. The molecule has 6 N–H and O–H groups in total. The number of aliphatic hydroxyl groups excluding tert-OH is 4. The molecule has 0 radical (unpaired) electrons. The Balaban J connectivity index is 0.000000212. The molecule has 14 rings (SSSR count). The number of allylic oxidation sites excluding steroid dienone is 4. The van der Waals surface area contributed by atoms with Gasteiger partial charge in [0.05, 0.1) is 98.7 Å². The van der Waals surface area contributed by atoms with Crippen LogP contribution in [0.3, 0.4) is 0 Å². The Morgan fingerprint density at radius 3 is 1.24 bits per heavy atom. The van der Waals surface area contributed by atoms with Crippen molar-refractivity contribution in [3.63, 3.8) is 0 Å². The van der Waals surface area contributed by atoms with Crippen molar-refractivity contribution in [3.05, 3.63) is 94.2 Å². The third kappa shape index (κ3) is 20.8. The van der Waals surface area contributed by atoms with Crippen molar-refractivity contribution >= 4 is 11.9 Å². The van der Waals surface area contributed by atoms with Gasteiger partial charge in [0, 0.05) is 104 Å². The highest BCUT2D eigenvalue weighted by molar-refractivity contribution is 5.79. The lowest BCUT2D eigenvalue weighted by molar-refractivity contribution is -0.341. The van der Waals surface area contributed by atoms with Crippen molar-refractivity contribution in [2.24, 2.45) is 47.3 Å². The summed E-state index contributed by atoms with van der Waals surface area (Å²) < 4.78 is 128. The predicted octanol–water partition coefficient (Wildman–Crippen LogP) is 10.8. The summed E-state index contributed by atoms with van der Waals surface area (Å²) in [5.74, 6) is -4.25. The molecule has 0 saturated carbocycles. The maximum Gasteiger partial charge on any atom is 0.316 e. The lowest BCUT2D eigenvalue weighted by atomic mass is 9.71. The first-order valence-corrected chi connectivity index (χ1v) is 45.8. The van der Waals surface area contributed by atoms with Crippen molar-refractivity contribution in [1.82, 2.24) is 0 Å². The predicted molar refractivity (Wildman–Crippen MR) is 450 cm³/mol. The molecule has 0 aromatic carbocycles. The van der Waals surface area contributed by atoms with Crippen LogP contribution in [0.1, 0.15) is 207 Å². The van der Waals surface area contributed by atoms with Crippen LogP contribution in [0.5, 0.6) is 0 Å². The standard InChI is InChI=1S/C48H74O14.C47H72O14/c1-11-25(2)43-28(5)17-18-47(62-43)23-34-20-33(61-47)16-15-27(4)42(26(3)13-12-14-32-24-55-45-40(49)29(6)19-35(46(51)58-34)48(32,45)52)59-39-22-37(54-10)44(31(8)57-39)60-38-21-36(53-9)41(50)30(7)56-38;1-24(2)41-27(5)16-17-46(61-41)22-33-19-32(60-46)15-14-26(4)42(25(3)12-11-13-31-23-54-44-39(48)28(6)18-34(45(50)57-33)47(31,44)51)58-38-21-36(53-10)43(30(8)56-38)59-37-20-35(52-9)40(49)29(7)55-37/h12-15,19,25-26,28,30-31,33-45,49-50,52H,11,16-18,20-24H2,1-10H3;11-14,18,24-25,27,29-30,32-44,48-49,51H,15-17,19-23H2,1-10H3/b13-12+,27-15+,32-14+;12-11+,26-14+,31-13+/t25-,26-,28-,30-,31-,33+,34-,35-,36+,37-,38-,39-,40+,41-,42-,43+,44-,45+,47+,48+;25-,27-,29-,30-,32+,33-,34-,35+,36-,37-,38-,39+,40-,41+,42-,43-,44+,46+,47+/m00/s1. The Morgan fingerprint density at radius 1 is 0.472 bits per heavy atom. The minimum atomic E-state index is -1.82. The van der Waals surface area contributed by atoms with Gasteiger partial charge in [-0.15, -0.1) is 0 Å². The van der Waals surface area contributed by atoms with Gasteiger partial charge in [0.1, 0.15) is 84.1 Å². The normalized spacial score (nSPS) is 49.5. The molecule has 12 heterocycles. The molecule has 2 spiro atoms. The van der Waals surface area contributed by atoms with Crippen LogP contribution in [-0.4, -0.2) is 279 Å². The van der Waals surface area contributed by atoms with E-state index in [1.54, 1.807) is 80.4 Å². The van der Waals surface area contributed by atoms with Gasteiger partial charge in [-0.25, -0.2) is 0 Å². The largest absolute Gasteiger partial charge is 0.462 e. The molecule has 28 heteroatoms. The molecule has 123 heavy (non-hydrogen) atoms. The fourth-order valence-electron chi connectivity index (χ4n) is 21.8. The van der Waals surface area contributed by atoms with Crippen LogP contribution >= 0.6 is 0 Å². The van der Waals surface area contributed by atoms with Crippen molar-refractivity contribution in [2.45, 2.75) is 402 Å². The molecule has 0 aromatic heterocycles. The lowest BCUT2D eigenvalue weighted by Gasteiger charge is -2.51. The van der Waals surface area contributed by atoms with Crippen molar-refractivity contribution < 1.29 is 135 Å². The number of rotatable bonds is 15. The van der Waals surface area contributed by atoms with E-state index in [0.29, 0.717) is 117 Å². The van der Waals surface area contributed by atoms with Crippen molar-refractivity contribution in [3.8, 4) is 0 Å². The molecule has 2 aliphatic carbocycles. The number of methoxy groups -OCH3 is 4. The third-order valence-electron chi connectivity index (χ3n) is 29.3. The summed E-state index contributed by atoms with van der Waals surface area (Å²) in [6.45, 7) is 32.5. The van der Waals surface area contributed by atoms with E-state index in [1.807, 2.05) is 38.2 Å². The van der Waals surface area contributed by atoms with E-state index in [-0.39, 0.29) is 67.6 Å². The zero-order chi connectivity index (χ0) is 88.6. The van der Waals surface area contributed by atoms with E-state index < -0.39 is 182 Å². The number of carbonyl (C=O) groups excluding carboxylic acids is 2. The van der Waals surface area contributed by atoms with Crippen LogP contribution in [-0.2, 0) is 104 Å². The number of fused-ring (bicyclic) bond motifs is 4. The Kier molecular flexibility index (Phi) is 31.9. The van der Waals surface area contributed by atoms with E-state index in [2.05, 4.69) is 81.4 Å². The van der Waals surface area contributed by atoms with Gasteiger partial charge in [-0.1, -0.05) is 123 Å². The molecule has 10 fully saturated rings. The average molecular weight is 1740 g/mol. The van der Waals surface area contributed by atoms with Gasteiger partial charge < -0.3 is 125 Å². The Labute approximate surface area is 728 Å². The van der Waals surface area contributed by atoms with E-state index in [1.165, 1.54) is 0 Å². The van der Waals surface area contributed by atoms with Gasteiger partial charge in [0.15, 0.2) is 36.7 Å². The Bertz CT molecular complexity index is 3810. The van der Waals surface area contributed by atoms with Crippen LogP contribution in [0.4, 0.5) is 0 Å². The molecule has 0 unspecified atom stereocenters. The molecule has 10 saturated heterocycles. The minimum absolute atomic E-state index is 0.00708. The third-order valence-corrected chi connectivity index (χ3v) is 29.3. The molecular formula is C95H146O28. The fraction of sp³-hybridized carbons (Fsp3) is 0.811. The van der Waals surface area contributed by atoms with E-state index in [9.17, 15) is 40.2 Å². The van der Waals surface area contributed by atoms with Gasteiger partial charge in [-0.05, 0) is 138 Å². The fourth-order valence-corrected chi connectivity index (χ4v) is 21.8. The second kappa shape index (κ2) is 40.7. The molecule has 39 atom stereocenters. The van der Waals surface area contributed by atoms with E-state index in [0.717, 1.165) is 30.4 Å². The van der Waals surface area contributed by atoms with Crippen molar-refractivity contribution in [1.29, 1.82) is 0 Å². The zero-order valence-electron chi connectivity index (χ0n) is 76.2. The van der Waals surface area contributed by atoms with Crippen LogP contribution in [0.25, 0.3) is 0 Å². The molecule has 694 valence electrons. The molecule has 4 bridgehead atoms. The smallest absolute Gasteiger partial charge is 0.316 e. The Morgan fingerprint density at radius 2 is 0.846 bits per heavy atom. The summed E-state index contributed by atoms with van der Waals surface area (Å²) in [4.78, 5) is 28.7. The molecule has 14 aliphatic rings. The monoisotopic (exact) mass is 1740 g/mol. The quantitative estimate of drug-likeness (QED) is 0.0655. The number of hydrogen-bond donors (Lipinski definition) is 6. The van der Waals surface area contributed by atoms with Gasteiger partial charge in [0.25, 0.3) is 0 Å². The number of carbonyl (C=O) groups is 2. The second-order valence-corrected chi connectivity index (χ2v) is 38.6. The molecule has 0 aromatic rings. The van der Waals surface area contributed by atoms with Crippen LogP contribution in [0.2, 0.25) is 0 Å². The zero-order valence-corrected chi connectivity index (χ0v) is 76.2. The highest BCUT2D eigenvalue weighted by Gasteiger charge is 2.63. The molecule has 0 amide bonds. The summed E-state index contributed by atoms with van der Waals surface area (Å²) in [6.07, 6.45) is 12.1. The number of ether oxygens (including phenoxy) is 20. The maximum absolute atomic E-state index is 14.4. The highest BCUT2D eigenvalue weighted by Crippen LogP contribution is 2.52. The summed E-state index contributed by atoms with van der Waals surface area (Å²) >= 11 is 0. The topological polar surface area (TPSA) is 340 Å². The molecule has 12 aliphatic heterocycles. The van der Waals surface area contributed by atoms with E-state index in [4.69, 9.17) is 94.7 Å². The van der Waals surface area contributed by atoms with Gasteiger partial charge >= 0.3 is 11.9 Å². The van der Waals surface area contributed by atoms with Gasteiger partial charge in [-0.3, -0.25) is 9.59 Å². The van der Waals surface area contributed by atoms with Crippen molar-refractivity contribution in [2.75, 3.05) is 41.7 Å². The van der Waals surface area contributed by atoms with Crippen LogP contribution in [0.15, 0.2) is 94.2 Å². The molecular weight excluding hydrogens is 1590 g/mol. The molecule has 28 nitrogen and oxygen atoms in total. The number of esters is 2. The Hall–Kier alpha value is -4.10. The second-order valence-electron chi connectivity index (χ2n) is 38.6. The van der Waals surface area contributed by atoms with Gasteiger partial charge in [-0.2, -0.15) is 0 Å². The average Bonchev–Trinajstić information content (AvgIpc) is 1.64. The minimum Gasteiger partial charge on any atom is -0.462 e. The SMILES string of the molecule is CC[C@H](C)[C@H]1O[C@]2(CC[C@@H]1C)C[C@@H]1C[C@@H](C/C=C(\C)[C@@H](O[C@H]3C[C@H](OC)[C@@H](O[C@H]4C[C@@H](OC)[C@@H](O)[C@H](C)O4)[C@H](C)O3)[C@@H](C)/C=C/C=C3\CO[C@@H]4[C@H](O)C(C)=C[C@@H](C(=O)O1)[C@]34O)O2.CO[C@H]1C[C@H](O[C@@H]2/C(C)=C/C[C@@H]3C[C@@H](C[C@]4(CC[C@H](C)[C@@H](C(C)C)O4)O3)OC(=O)[C@@H]3C=C(C)[C@@H](O)[C@H]4OC/C(=C\C=C\[C@@H]2C)[C@]43O)O[C@@H](C)[C@@H]1O[C@H]1C[C@@H](OC)[C@@H](O)[C@H](C)O1. The van der Waals surface area contributed by atoms with Crippen LogP contribution in [0, 0.1) is 47.3 Å². The number of aliphatic hydroxyl groups is 6. The van der Waals surface area contributed by atoms with Gasteiger partial charge in [0.2, 0.25) is 0 Å². The van der Waals surface area contributed by atoms with E-state index >= 15 is 0 Å². The first kappa shape index (κ1) is 96.5. The summed E-state index contributed by atoms with van der Waals surface area (Å²) in [7, 11) is 6.45. The van der Waals surface area contributed by atoms with Crippen LogP contribution < -0.4 is 0 Å².